The van der Waals surface area contributed by atoms with Crippen molar-refractivity contribution in [3.05, 3.63) is 16.1 Å². The standard InChI is InChI=1S/C11H20N2O2S/c1-9-7-16-10(13-9)6-11(2,14)8-12-4-5-15-3/h7,12,14H,4-6,8H2,1-3H3. The molecular weight excluding hydrogens is 224 g/mol. The Balaban J connectivity index is 2.33. The zero-order valence-electron chi connectivity index (χ0n) is 10.1. The molecule has 0 amide bonds. The second-order valence-electron chi connectivity index (χ2n) is 4.23. The molecule has 0 aliphatic carbocycles. The van der Waals surface area contributed by atoms with E-state index in [2.05, 4.69) is 10.3 Å². The third-order valence-electron chi connectivity index (χ3n) is 2.19. The Kier molecular flexibility index (Phi) is 5.34. The Bertz CT molecular complexity index is 313. The molecule has 0 bridgehead atoms. The number of methoxy groups -OCH3 is 1. The number of thiazole rings is 1. The summed E-state index contributed by atoms with van der Waals surface area (Å²) < 4.78 is 4.92. The average Bonchev–Trinajstić information content (AvgIpc) is 2.58. The van der Waals surface area contributed by atoms with Crippen molar-refractivity contribution < 1.29 is 9.84 Å². The summed E-state index contributed by atoms with van der Waals surface area (Å²) in [6.07, 6.45) is 0.589. The Morgan fingerprint density at radius 2 is 2.38 bits per heavy atom. The van der Waals surface area contributed by atoms with Crippen LogP contribution in [0.4, 0.5) is 0 Å². The van der Waals surface area contributed by atoms with Gasteiger partial charge in [0.1, 0.15) is 0 Å². The van der Waals surface area contributed by atoms with Gasteiger partial charge < -0.3 is 15.2 Å². The number of nitrogens with zero attached hydrogens (tertiary/aromatic N) is 1. The summed E-state index contributed by atoms with van der Waals surface area (Å²) in [6.45, 7) is 5.75. The van der Waals surface area contributed by atoms with Crippen LogP contribution in [0, 0.1) is 6.92 Å². The monoisotopic (exact) mass is 244 g/mol. The van der Waals surface area contributed by atoms with Crippen molar-refractivity contribution in [3.8, 4) is 0 Å². The molecule has 0 radical (unpaired) electrons. The summed E-state index contributed by atoms with van der Waals surface area (Å²) >= 11 is 1.60. The van der Waals surface area contributed by atoms with Gasteiger partial charge in [-0.1, -0.05) is 0 Å². The van der Waals surface area contributed by atoms with Crippen LogP contribution in [-0.4, -0.2) is 42.5 Å². The van der Waals surface area contributed by atoms with E-state index in [9.17, 15) is 5.11 Å². The normalized spacial score (nSPS) is 15.0. The minimum atomic E-state index is -0.752. The molecule has 0 saturated carbocycles. The first-order chi connectivity index (χ1) is 7.53. The van der Waals surface area contributed by atoms with Gasteiger partial charge in [-0.05, 0) is 13.8 Å². The van der Waals surface area contributed by atoms with Gasteiger partial charge in [0.05, 0.1) is 17.2 Å². The highest BCUT2D eigenvalue weighted by Crippen LogP contribution is 2.16. The third kappa shape index (κ3) is 5.03. The fourth-order valence-corrected chi connectivity index (χ4v) is 2.35. The van der Waals surface area contributed by atoms with Gasteiger partial charge in [0.25, 0.3) is 0 Å². The fourth-order valence-electron chi connectivity index (χ4n) is 1.40. The van der Waals surface area contributed by atoms with Crippen molar-refractivity contribution >= 4 is 11.3 Å². The van der Waals surface area contributed by atoms with Crippen molar-refractivity contribution in [2.45, 2.75) is 25.9 Å². The molecule has 2 N–H and O–H groups in total. The SMILES string of the molecule is COCCNCC(C)(O)Cc1nc(C)cs1. The van der Waals surface area contributed by atoms with Gasteiger partial charge in [0.2, 0.25) is 0 Å². The van der Waals surface area contributed by atoms with Gasteiger partial charge >= 0.3 is 0 Å². The Morgan fingerprint density at radius 1 is 1.62 bits per heavy atom. The van der Waals surface area contributed by atoms with Crippen LogP contribution in [-0.2, 0) is 11.2 Å². The number of aliphatic hydroxyl groups is 1. The number of rotatable bonds is 7. The van der Waals surface area contributed by atoms with Gasteiger partial charge in [-0.25, -0.2) is 4.98 Å². The van der Waals surface area contributed by atoms with Crippen molar-refractivity contribution in [2.75, 3.05) is 26.8 Å². The summed E-state index contributed by atoms with van der Waals surface area (Å²) in [5.74, 6) is 0. The summed E-state index contributed by atoms with van der Waals surface area (Å²) in [5.41, 5.74) is 0.265. The smallest absolute Gasteiger partial charge is 0.0957 e. The topological polar surface area (TPSA) is 54.4 Å². The van der Waals surface area contributed by atoms with Crippen LogP contribution in [0.15, 0.2) is 5.38 Å². The average molecular weight is 244 g/mol. The molecule has 1 heterocycles. The van der Waals surface area contributed by atoms with E-state index in [0.29, 0.717) is 19.6 Å². The van der Waals surface area contributed by atoms with E-state index in [-0.39, 0.29) is 0 Å². The minimum Gasteiger partial charge on any atom is -0.388 e. The number of hydrogen-bond acceptors (Lipinski definition) is 5. The zero-order valence-corrected chi connectivity index (χ0v) is 10.9. The van der Waals surface area contributed by atoms with E-state index in [4.69, 9.17) is 4.74 Å². The van der Waals surface area contributed by atoms with Gasteiger partial charge in [-0.2, -0.15) is 0 Å². The maximum atomic E-state index is 10.1. The summed E-state index contributed by atoms with van der Waals surface area (Å²) in [7, 11) is 1.66. The Labute approximate surface area is 101 Å². The summed E-state index contributed by atoms with van der Waals surface area (Å²) in [4.78, 5) is 4.35. The molecular formula is C11H20N2O2S. The zero-order chi connectivity index (χ0) is 12.0. The highest BCUT2D eigenvalue weighted by atomic mass is 32.1. The van der Waals surface area contributed by atoms with E-state index in [1.165, 1.54) is 0 Å². The number of aromatic nitrogens is 1. The first-order valence-corrected chi connectivity index (χ1v) is 6.24. The molecule has 0 fully saturated rings. The predicted octanol–water partition coefficient (Wildman–Crippen LogP) is 0.981. The highest BCUT2D eigenvalue weighted by molar-refractivity contribution is 7.09. The van der Waals surface area contributed by atoms with Crippen molar-refractivity contribution in [1.82, 2.24) is 10.3 Å². The summed E-state index contributed by atoms with van der Waals surface area (Å²) in [6, 6.07) is 0. The largest absolute Gasteiger partial charge is 0.388 e. The predicted molar refractivity (Wildman–Crippen MR) is 65.9 cm³/mol. The number of nitrogens with one attached hydrogen (secondary N) is 1. The van der Waals surface area contributed by atoms with Crippen molar-refractivity contribution in [1.29, 1.82) is 0 Å². The molecule has 1 aromatic rings. The lowest BCUT2D eigenvalue weighted by atomic mass is 10.0. The molecule has 0 spiro atoms. The first kappa shape index (κ1) is 13.6. The van der Waals surface area contributed by atoms with Crippen LogP contribution >= 0.6 is 11.3 Å². The van der Waals surface area contributed by atoms with Crippen LogP contribution in [0.1, 0.15) is 17.6 Å². The minimum absolute atomic E-state index is 0.551. The van der Waals surface area contributed by atoms with E-state index < -0.39 is 5.60 Å². The Morgan fingerprint density at radius 3 is 2.94 bits per heavy atom. The van der Waals surface area contributed by atoms with E-state index in [1.807, 2.05) is 19.2 Å². The lowest BCUT2D eigenvalue weighted by molar-refractivity contribution is 0.0581. The number of ether oxygens (including phenoxy) is 1. The van der Waals surface area contributed by atoms with Crippen LogP contribution in [0.2, 0.25) is 0 Å². The molecule has 1 rings (SSSR count). The van der Waals surface area contributed by atoms with E-state index in [0.717, 1.165) is 17.2 Å². The quantitative estimate of drug-likeness (QED) is 0.702. The fraction of sp³-hybridized carbons (Fsp3) is 0.727. The third-order valence-corrected chi connectivity index (χ3v) is 3.15. The molecule has 4 nitrogen and oxygen atoms in total. The molecule has 0 saturated heterocycles. The summed E-state index contributed by atoms with van der Waals surface area (Å²) in [5, 5.41) is 16.3. The van der Waals surface area contributed by atoms with Crippen LogP contribution in [0.25, 0.3) is 0 Å². The van der Waals surface area contributed by atoms with Crippen LogP contribution in [0.3, 0.4) is 0 Å². The molecule has 1 unspecified atom stereocenters. The molecule has 0 aliphatic heterocycles. The van der Waals surface area contributed by atoms with Gasteiger partial charge in [0, 0.05) is 37.7 Å². The van der Waals surface area contributed by atoms with Gasteiger partial charge in [-0.3, -0.25) is 0 Å². The highest BCUT2D eigenvalue weighted by Gasteiger charge is 2.21. The lowest BCUT2D eigenvalue weighted by Gasteiger charge is -2.22. The van der Waals surface area contributed by atoms with Crippen LogP contribution < -0.4 is 5.32 Å². The van der Waals surface area contributed by atoms with Crippen molar-refractivity contribution in [3.63, 3.8) is 0 Å². The molecule has 92 valence electrons. The van der Waals surface area contributed by atoms with Gasteiger partial charge in [0.15, 0.2) is 0 Å². The van der Waals surface area contributed by atoms with Crippen molar-refractivity contribution in [2.24, 2.45) is 0 Å². The molecule has 0 aromatic carbocycles. The molecule has 1 atom stereocenters. The molecule has 1 aromatic heterocycles. The van der Waals surface area contributed by atoms with E-state index in [1.54, 1.807) is 18.4 Å². The maximum absolute atomic E-state index is 10.1. The Hall–Kier alpha value is -0.490. The lowest BCUT2D eigenvalue weighted by Crippen LogP contribution is -2.40. The second-order valence-corrected chi connectivity index (χ2v) is 5.17. The molecule has 0 aliphatic rings. The number of hydrogen-bond donors (Lipinski definition) is 2. The molecule has 5 heteroatoms. The van der Waals surface area contributed by atoms with Crippen LogP contribution in [0.5, 0.6) is 0 Å². The first-order valence-electron chi connectivity index (χ1n) is 5.36. The molecule has 16 heavy (non-hydrogen) atoms. The number of aryl methyl sites for hydroxylation is 1. The van der Waals surface area contributed by atoms with Gasteiger partial charge in [-0.15, -0.1) is 11.3 Å². The second kappa shape index (κ2) is 6.30. The maximum Gasteiger partial charge on any atom is 0.0957 e. The van der Waals surface area contributed by atoms with E-state index >= 15 is 0 Å².